The van der Waals surface area contributed by atoms with Crippen molar-refractivity contribution in [3.8, 4) is 0 Å². The SMILES string of the molecule is Cc1cccc(S(=O)(=O)Nc2cccc(C3NC(=O)NC3=O)c2)c1. The van der Waals surface area contributed by atoms with Crippen LogP contribution in [-0.4, -0.2) is 20.4 Å². The van der Waals surface area contributed by atoms with Crippen LogP contribution in [0.2, 0.25) is 0 Å². The summed E-state index contributed by atoms with van der Waals surface area (Å²) in [5.74, 6) is -0.473. The maximum absolute atomic E-state index is 12.4. The van der Waals surface area contributed by atoms with E-state index in [2.05, 4.69) is 15.4 Å². The predicted octanol–water partition coefficient (Wildman–Crippen LogP) is 1.68. The zero-order valence-corrected chi connectivity index (χ0v) is 13.6. The van der Waals surface area contributed by atoms with Crippen LogP contribution in [0.1, 0.15) is 17.2 Å². The van der Waals surface area contributed by atoms with Crippen LogP contribution in [0.4, 0.5) is 10.5 Å². The van der Waals surface area contributed by atoms with Gasteiger partial charge in [0.05, 0.1) is 4.90 Å². The van der Waals surface area contributed by atoms with E-state index in [9.17, 15) is 18.0 Å². The van der Waals surface area contributed by atoms with Crippen molar-refractivity contribution in [2.45, 2.75) is 17.9 Å². The molecule has 3 amide bonds. The molecule has 0 radical (unpaired) electrons. The Kier molecular flexibility index (Phi) is 3.98. The van der Waals surface area contributed by atoms with Crippen LogP contribution < -0.4 is 15.4 Å². The molecule has 1 fully saturated rings. The first-order valence-electron chi connectivity index (χ1n) is 7.16. The molecule has 2 aromatic rings. The molecule has 0 saturated carbocycles. The molecule has 3 rings (SSSR count). The zero-order valence-electron chi connectivity index (χ0n) is 12.7. The largest absolute Gasteiger partial charge is 0.322 e. The van der Waals surface area contributed by atoms with Gasteiger partial charge in [-0.3, -0.25) is 14.8 Å². The maximum Gasteiger partial charge on any atom is 0.322 e. The highest BCUT2D eigenvalue weighted by molar-refractivity contribution is 7.92. The molecule has 0 aromatic heterocycles. The third kappa shape index (κ3) is 3.23. The minimum atomic E-state index is -3.74. The number of sulfonamides is 1. The fourth-order valence-corrected chi connectivity index (χ4v) is 3.58. The number of imide groups is 1. The molecule has 0 bridgehead atoms. The number of carbonyl (C=O) groups is 2. The Balaban J connectivity index is 1.87. The summed E-state index contributed by atoms with van der Waals surface area (Å²) >= 11 is 0. The number of urea groups is 1. The predicted molar refractivity (Wildman–Crippen MR) is 87.8 cm³/mol. The van der Waals surface area contributed by atoms with Crippen molar-refractivity contribution < 1.29 is 18.0 Å². The lowest BCUT2D eigenvalue weighted by Crippen LogP contribution is -2.22. The van der Waals surface area contributed by atoms with E-state index in [0.717, 1.165) is 5.56 Å². The number of hydrogen-bond donors (Lipinski definition) is 3. The monoisotopic (exact) mass is 345 g/mol. The first-order valence-corrected chi connectivity index (χ1v) is 8.64. The lowest BCUT2D eigenvalue weighted by Gasteiger charge is -2.12. The smallest absolute Gasteiger partial charge is 0.322 e. The number of benzene rings is 2. The van der Waals surface area contributed by atoms with Gasteiger partial charge in [0.1, 0.15) is 6.04 Å². The number of nitrogens with one attached hydrogen (secondary N) is 3. The molecule has 0 spiro atoms. The van der Waals surface area contributed by atoms with Crippen LogP contribution in [-0.2, 0) is 14.8 Å². The second kappa shape index (κ2) is 5.97. The van der Waals surface area contributed by atoms with Gasteiger partial charge in [-0.05, 0) is 42.3 Å². The minimum absolute atomic E-state index is 0.153. The molecular formula is C16H15N3O4S. The summed E-state index contributed by atoms with van der Waals surface area (Å²) in [6.45, 7) is 1.81. The summed E-state index contributed by atoms with van der Waals surface area (Å²) in [6.07, 6.45) is 0. The van der Waals surface area contributed by atoms with Crippen molar-refractivity contribution in [2.75, 3.05) is 4.72 Å². The molecule has 1 saturated heterocycles. The summed E-state index contributed by atoms with van der Waals surface area (Å²) in [5.41, 5.74) is 1.63. The van der Waals surface area contributed by atoms with E-state index >= 15 is 0 Å². The number of rotatable bonds is 4. The molecule has 0 aliphatic carbocycles. The topological polar surface area (TPSA) is 104 Å². The van der Waals surface area contributed by atoms with Crippen LogP contribution in [0.5, 0.6) is 0 Å². The second-order valence-electron chi connectivity index (χ2n) is 5.44. The summed E-state index contributed by atoms with van der Waals surface area (Å²) in [7, 11) is -3.74. The fourth-order valence-electron chi connectivity index (χ4n) is 2.43. The van der Waals surface area contributed by atoms with Crippen molar-refractivity contribution in [3.63, 3.8) is 0 Å². The van der Waals surface area contributed by atoms with Gasteiger partial charge in [-0.2, -0.15) is 0 Å². The molecule has 7 nitrogen and oxygen atoms in total. The van der Waals surface area contributed by atoms with Crippen molar-refractivity contribution >= 4 is 27.6 Å². The third-order valence-electron chi connectivity index (χ3n) is 3.55. The molecule has 3 N–H and O–H groups in total. The highest BCUT2D eigenvalue weighted by atomic mass is 32.2. The van der Waals surface area contributed by atoms with Crippen molar-refractivity contribution in [2.24, 2.45) is 0 Å². The Morgan fingerprint density at radius 1 is 1.04 bits per heavy atom. The lowest BCUT2D eigenvalue weighted by molar-refractivity contribution is -0.120. The van der Waals surface area contributed by atoms with Crippen LogP contribution in [0.25, 0.3) is 0 Å². The number of carbonyl (C=O) groups excluding carboxylic acids is 2. The molecule has 1 unspecified atom stereocenters. The van der Waals surface area contributed by atoms with Crippen LogP contribution in [0.15, 0.2) is 53.4 Å². The Bertz CT molecular complexity index is 924. The first kappa shape index (κ1) is 16.0. The van der Waals surface area contributed by atoms with E-state index in [-0.39, 0.29) is 4.90 Å². The zero-order chi connectivity index (χ0) is 17.3. The second-order valence-corrected chi connectivity index (χ2v) is 7.13. The molecule has 8 heteroatoms. The van der Waals surface area contributed by atoms with E-state index in [1.807, 2.05) is 0 Å². The standard InChI is InChI=1S/C16H15N3O4S/c1-10-4-2-7-13(8-10)24(22,23)19-12-6-3-5-11(9-12)14-15(20)18-16(21)17-14/h2-9,14,19H,1H3,(H2,17,18,20,21). The molecule has 1 atom stereocenters. The highest BCUT2D eigenvalue weighted by Gasteiger charge is 2.31. The minimum Gasteiger partial charge on any atom is -0.322 e. The molecule has 1 aliphatic rings. The summed E-state index contributed by atoms with van der Waals surface area (Å²) < 4.78 is 27.4. The molecule has 1 aliphatic heterocycles. The Morgan fingerprint density at radius 2 is 1.79 bits per heavy atom. The van der Waals surface area contributed by atoms with Gasteiger partial charge in [0.15, 0.2) is 0 Å². The Morgan fingerprint density at radius 3 is 2.46 bits per heavy atom. The number of hydrogen-bond acceptors (Lipinski definition) is 4. The van der Waals surface area contributed by atoms with E-state index in [1.54, 1.807) is 43.3 Å². The van der Waals surface area contributed by atoms with Crippen molar-refractivity contribution in [1.82, 2.24) is 10.6 Å². The summed E-state index contributed by atoms with van der Waals surface area (Å²) in [4.78, 5) is 23.1. The van der Waals surface area contributed by atoms with Crippen LogP contribution in [0, 0.1) is 6.92 Å². The highest BCUT2D eigenvalue weighted by Crippen LogP contribution is 2.22. The van der Waals surface area contributed by atoms with Crippen molar-refractivity contribution in [1.29, 1.82) is 0 Å². The van der Waals surface area contributed by atoms with Gasteiger partial charge in [-0.25, -0.2) is 13.2 Å². The molecule has 2 aromatic carbocycles. The van der Waals surface area contributed by atoms with Crippen LogP contribution >= 0.6 is 0 Å². The quantitative estimate of drug-likeness (QED) is 0.733. The van der Waals surface area contributed by atoms with Gasteiger partial charge in [0, 0.05) is 5.69 Å². The average molecular weight is 345 g/mol. The van der Waals surface area contributed by atoms with Gasteiger partial charge in [0.2, 0.25) is 0 Å². The summed E-state index contributed by atoms with van der Waals surface area (Å²) in [5, 5.41) is 4.61. The van der Waals surface area contributed by atoms with Crippen molar-refractivity contribution in [3.05, 3.63) is 59.7 Å². The number of aryl methyl sites for hydroxylation is 1. The number of amides is 3. The third-order valence-corrected chi connectivity index (χ3v) is 4.93. The van der Waals surface area contributed by atoms with Gasteiger partial charge < -0.3 is 5.32 Å². The van der Waals surface area contributed by atoms with Gasteiger partial charge >= 0.3 is 6.03 Å². The Labute approximate surface area is 139 Å². The number of anilines is 1. The maximum atomic E-state index is 12.4. The fraction of sp³-hybridized carbons (Fsp3) is 0.125. The van der Waals surface area contributed by atoms with E-state index in [4.69, 9.17) is 0 Å². The van der Waals surface area contributed by atoms with Gasteiger partial charge in [0.25, 0.3) is 15.9 Å². The van der Waals surface area contributed by atoms with Crippen LogP contribution in [0.3, 0.4) is 0 Å². The van der Waals surface area contributed by atoms with Gasteiger partial charge in [-0.15, -0.1) is 0 Å². The summed E-state index contributed by atoms with van der Waals surface area (Å²) in [6, 6.07) is 11.5. The average Bonchev–Trinajstić information content (AvgIpc) is 2.86. The van der Waals surface area contributed by atoms with E-state index in [0.29, 0.717) is 11.3 Å². The lowest BCUT2D eigenvalue weighted by atomic mass is 10.1. The molecular weight excluding hydrogens is 330 g/mol. The first-order chi connectivity index (χ1) is 11.3. The molecule has 124 valence electrons. The molecule has 24 heavy (non-hydrogen) atoms. The normalized spacial score (nSPS) is 17.3. The van der Waals surface area contributed by atoms with E-state index in [1.165, 1.54) is 12.1 Å². The molecule has 1 heterocycles. The Hall–Kier alpha value is -2.87. The van der Waals surface area contributed by atoms with Gasteiger partial charge in [-0.1, -0.05) is 24.3 Å². The van der Waals surface area contributed by atoms with E-state index < -0.39 is 28.0 Å².